The predicted octanol–water partition coefficient (Wildman–Crippen LogP) is 15.7. The number of aromatic nitrogens is 3. The standard InChI is InChI=1S/C62H42N6/c1-41-35-49(36-42(2)61(41)68-59-24-14-13-23-55(59)56-37-52(33-34-60(56)68)67(50-17-5-3-6-18-50)51-19-7-4-8-20-51)45-27-25-43(26-28-45)44-29-31-46(32-30-44)57-38-58(53-21-11-9-15-47(53)39-63)66-62(65-57)54-22-12-10-16-48(54)40-64/h3-38H,1-2H3. The number of rotatable bonds is 9. The zero-order valence-electron chi connectivity index (χ0n) is 37.5. The van der Waals surface area contributed by atoms with E-state index >= 15 is 0 Å². The van der Waals surface area contributed by atoms with Crippen LogP contribution in [0.25, 0.3) is 83.6 Å². The molecule has 0 aliphatic rings. The Morgan fingerprint density at radius 3 is 1.50 bits per heavy atom. The minimum atomic E-state index is 0.430. The van der Waals surface area contributed by atoms with Crippen LogP contribution in [0.1, 0.15) is 22.3 Å². The first-order valence-electron chi connectivity index (χ1n) is 22.6. The highest BCUT2D eigenvalue weighted by Gasteiger charge is 2.20. The van der Waals surface area contributed by atoms with Crippen LogP contribution < -0.4 is 4.90 Å². The molecule has 11 rings (SSSR count). The summed E-state index contributed by atoms with van der Waals surface area (Å²) in [5.74, 6) is 0.430. The molecule has 2 heterocycles. The lowest BCUT2D eigenvalue weighted by Gasteiger charge is -2.25. The Kier molecular flexibility index (Phi) is 10.7. The summed E-state index contributed by atoms with van der Waals surface area (Å²) in [5, 5.41) is 22.3. The van der Waals surface area contributed by atoms with Gasteiger partial charge in [-0.05, 0) is 132 Å². The third kappa shape index (κ3) is 7.53. The van der Waals surface area contributed by atoms with E-state index in [1.54, 1.807) is 12.1 Å². The van der Waals surface area contributed by atoms with E-state index in [9.17, 15) is 10.5 Å². The molecule has 0 saturated carbocycles. The second-order valence-corrected chi connectivity index (χ2v) is 17.0. The van der Waals surface area contributed by atoms with Gasteiger partial charge in [-0.2, -0.15) is 10.5 Å². The van der Waals surface area contributed by atoms with Crippen LogP contribution in [0.5, 0.6) is 0 Å². The zero-order chi connectivity index (χ0) is 46.1. The van der Waals surface area contributed by atoms with Crippen LogP contribution in [-0.2, 0) is 0 Å². The van der Waals surface area contributed by atoms with Crippen LogP contribution in [0, 0.1) is 36.5 Å². The van der Waals surface area contributed by atoms with Crippen LogP contribution in [-0.4, -0.2) is 14.5 Å². The van der Waals surface area contributed by atoms with Gasteiger partial charge in [-0.3, -0.25) is 0 Å². The van der Waals surface area contributed by atoms with Crippen LogP contribution in [0.3, 0.4) is 0 Å². The molecule has 68 heavy (non-hydrogen) atoms. The van der Waals surface area contributed by atoms with Gasteiger partial charge in [0.15, 0.2) is 5.82 Å². The molecule has 0 aliphatic heterocycles. The van der Waals surface area contributed by atoms with Gasteiger partial charge in [0.1, 0.15) is 0 Å². The van der Waals surface area contributed by atoms with Crippen LogP contribution >= 0.6 is 0 Å². The number of aryl methyl sites for hydroxylation is 2. The number of para-hydroxylation sites is 3. The summed E-state index contributed by atoms with van der Waals surface area (Å²) >= 11 is 0. The molecule has 0 N–H and O–H groups in total. The number of anilines is 3. The van der Waals surface area contributed by atoms with Crippen LogP contribution in [0.2, 0.25) is 0 Å². The van der Waals surface area contributed by atoms with Crippen molar-refractivity contribution in [2.75, 3.05) is 4.90 Å². The molecule has 2 aromatic heterocycles. The number of hydrogen-bond acceptors (Lipinski definition) is 5. The Morgan fingerprint density at radius 2 is 0.882 bits per heavy atom. The van der Waals surface area contributed by atoms with Crippen molar-refractivity contribution in [1.82, 2.24) is 14.5 Å². The Balaban J connectivity index is 0.908. The van der Waals surface area contributed by atoms with Crippen molar-refractivity contribution in [3.8, 4) is 74.0 Å². The quantitative estimate of drug-likeness (QED) is 0.144. The molecule has 11 aromatic rings. The highest BCUT2D eigenvalue weighted by Crippen LogP contribution is 2.41. The first-order valence-corrected chi connectivity index (χ1v) is 22.6. The molecule has 0 spiro atoms. The second kappa shape index (κ2) is 17.6. The highest BCUT2D eigenvalue weighted by atomic mass is 15.1. The van der Waals surface area contributed by atoms with Crippen LogP contribution in [0.4, 0.5) is 17.1 Å². The maximum atomic E-state index is 9.92. The van der Waals surface area contributed by atoms with E-state index in [1.165, 1.54) is 44.2 Å². The third-order valence-corrected chi connectivity index (χ3v) is 12.7. The van der Waals surface area contributed by atoms with E-state index < -0.39 is 0 Å². The van der Waals surface area contributed by atoms with Gasteiger partial charge in [0.05, 0.1) is 51.4 Å². The maximum absolute atomic E-state index is 9.92. The molecule has 0 atom stereocenters. The Morgan fingerprint density at radius 1 is 0.397 bits per heavy atom. The zero-order valence-corrected chi connectivity index (χ0v) is 37.5. The van der Waals surface area contributed by atoms with Crippen molar-refractivity contribution in [3.63, 3.8) is 0 Å². The molecule has 0 aliphatic carbocycles. The lowest BCUT2D eigenvalue weighted by molar-refractivity contribution is 1.12. The summed E-state index contributed by atoms with van der Waals surface area (Å²) in [6, 6.07) is 79.6. The summed E-state index contributed by atoms with van der Waals surface area (Å²) < 4.78 is 2.44. The van der Waals surface area contributed by atoms with Gasteiger partial charge in [-0.1, -0.05) is 133 Å². The molecular formula is C62H42N6. The molecule has 6 heteroatoms. The molecule has 320 valence electrons. The molecule has 9 aromatic carbocycles. The monoisotopic (exact) mass is 870 g/mol. The van der Waals surface area contributed by atoms with Gasteiger partial charge in [-0.15, -0.1) is 0 Å². The molecule has 0 fully saturated rings. The minimum absolute atomic E-state index is 0.430. The third-order valence-electron chi connectivity index (χ3n) is 12.7. The first-order chi connectivity index (χ1) is 33.4. The maximum Gasteiger partial charge on any atom is 0.161 e. The summed E-state index contributed by atoms with van der Waals surface area (Å²) in [7, 11) is 0. The van der Waals surface area contributed by atoms with Crippen molar-refractivity contribution in [1.29, 1.82) is 10.5 Å². The fourth-order valence-corrected chi connectivity index (χ4v) is 9.54. The van der Waals surface area contributed by atoms with Gasteiger partial charge in [0.2, 0.25) is 0 Å². The Hall–Kier alpha value is -9.36. The minimum Gasteiger partial charge on any atom is -0.310 e. The summed E-state index contributed by atoms with van der Waals surface area (Å²) in [6.07, 6.45) is 0. The summed E-state index contributed by atoms with van der Waals surface area (Å²) in [4.78, 5) is 12.2. The fourth-order valence-electron chi connectivity index (χ4n) is 9.54. The Bertz CT molecular complexity index is 3630. The summed E-state index contributed by atoms with van der Waals surface area (Å²) in [5.41, 5.74) is 18.3. The lowest BCUT2D eigenvalue weighted by atomic mass is 9.96. The van der Waals surface area contributed by atoms with E-state index in [1.807, 2.05) is 42.5 Å². The van der Waals surface area contributed by atoms with Crippen LogP contribution in [0.15, 0.2) is 218 Å². The molecule has 0 unspecified atom stereocenters. The number of nitrogens with zero attached hydrogens (tertiary/aromatic N) is 6. The van der Waals surface area contributed by atoms with Crippen molar-refractivity contribution >= 4 is 38.9 Å². The van der Waals surface area contributed by atoms with Gasteiger partial charge in [0.25, 0.3) is 0 Å². The molecule has 0 saturated heterocycles. The predicted molar refractivity (Wildman–Crippen MR) is 277 cm³/mol. The number of benzene rings is 9. The molecule has 6 nitrogen and oxygen atoms in total. The first kappa shape index (κ1) is 41.4. The van der Waals surface area contributed by atoms with Gasteiger partial charge < -0.3 is 9.47 Å². The lowest BCUT2D eigenvalue weighted by Crippen LogP contribution is -2.09. The van der Waals surface area contributed by atoms with Gasteiger partial charge >= 0.3 is 0 Å². The number of nitriles is 2. The van der Waals surface area contributed by atoms with Crippen molar-refractivity contribution in [2.45, 2.75) is 13.8 Å². The van der Waals surface area contributed by atoms with E-state index in [2.05, 4.69) is 199 Å². The normalized spacial score (nSPS) is 11.1. The van der Waals surface area contributed by atoms with E-state index in [4.69, 9.17) is 9.97 Å². The average Bonchev–Trinajstić information content (AvgIpc) is 3.72. The number of fused-ring (bicyclic) bond motifs is 3. The number of hydrogen-bond donors (Lipinski definition) is 0. The van der Waals surface area contributed by atoms with E-state index in [0.717, 1.165) is 39.3 Å². The SMILES string of the molecule is Cc1cc(-c2ccc(-c3ccc(-c4cc(-c5ccccc5C#N)nc(-c5ccccc5C#N)n4)cc3)cc2)cc(C)c1-n1c2ccccc2c2cc(N(c3ccccc3)c3ccccc3)ccc21. The fraction of sp³-hybridized carbons (Fsp3) is 0.0323. The molecule has 0 radical (unpaired) electrons. The van der Waals surface area contributed by atoms with E-state index in [-0.39, 0.29) is 0 Å². The van der Waals surface area contributed by atoms with Gasteiger partial charge in [0, 0.05) is 44.5 Å². The van der Waals surface area contributed by atoms with Crippen molar-refractivity contribution in [3.05, 3.63) is 241 Å². The molecule has 0 bridgehead atoms. The second-order valence-electron chi connectivity index (χ2n) is 17.0. The highest BCUT2D eigenvalue weighted by molar-refractivity contribution is 6.11. The molecular weight excluding hydrogens is 829 g/mol. The van der Waals surface area contributed by atoms with Crippen molar-refractivity contribution in [2.24, 2.45) is 0 Å². The summed E-state index contributed by atoms with van der Waals surface area (Å²) in [6.45, 7) is 4.44. The van der Waals surface area contributed by atoms with Crippen molar-refractivity contribution < 1.29 is 0 Å². The average molecular weight is 871 g/mol. The topological polar surface area (TPSA) is 81.5 Å². The molecule has 0 amide bonds. The van der Waals surface area contributed by atoms with Gasteiger partial charge in [-0.25, -0.2) is 9.97 Å². The van der Waals surface area contributed by atoms with E-state index in [0.29, 0.717) is 39.5 Å². The smallest absolute Gasteiger partial charge is 0.161 e. The Labute approximate surface area is 395 Å². The largest absolute Gasteiger partial charge is 0.310 e.